The zero-order valence-electron chi connectivity index (χ0n) is 8.04. The maximum atomic E-state index is 11.8. The Balaban J connectivity index is 2.51. The molecule has 0 spiro atoms. The molecule has 2 heteroatoms. The highest BCUT2D eigenvalue weighted by molar-refractivity contribution is 6.20. The molecule has 0 heterocycles. The van der Waals surface area contributed by atoms with Crippen LogP contribution in [0.3, 0.4) is 0 Å². The van der Waals surface area contributed by atoms with Crippen molar-refractivity contribution >= 4 is 11.6 Å². The Kier molecular flexibility index (Phi) is 2.20. The lowest BCUT2D eigenvalue weighted by molar-refractivity contribution is 0.0907. The van der Waals surface area contributed by atoms with E-state index in [1.165, 1.54) is 0 Å². The molecule has 0 aliphatic heterocycles. The van der Waals surface area contributed by atoms with Crippen LogP contribution in [0.25, 0.3) is 0 Å². The number of Topliss-reactive ketones (excluding diaryl/α,β-unsaturated/α-hetero) is 2. The molecular formula is C12H11O2. The molecule has 1 aliphatic carbocycles. The van der Waals surface area contributed by atoms with E-state index in [1.807, 2.05) is 6.92 Å². The van der Waals surface area contributed by atoms with Crippen LogP contribution in [0.2, 0.25) is 0 Å². The van der Waals surface area contributed by atoms with Gasteiger partial charge in [-0.15, -0.1) is 0 Å². The summed E-state index contributed by atoms with van der Waals surface area (Å²) in [7, 11) is 0. The molecule has 2 rings (SSSR count). The summed E-state index contributed by atoms with van der Waals surface area (Å²) >= 11 is 0. The van der Waals surface area contributed by atoms with E-state index >= 15 is 0 Å². The van der Waals surface area contributed by atoms with Crippen molar-refractivity contribution in [2.45, 2.75) is 19.8 Å². The second kappa shape index (κ2) is 3.37. The van der Waals surface area contributed by atoms with E-state index in [0.717, 1.165) is 5.92 Å². The first-order valence-electron chi connectivity index (χ1n) is 4.75. The SMILES string of the molecule is CC[C]1CC(=O)c2ccccc2C1=O. The third kappa shape index (κ3) is 1.27. The summed E-state index contributed by atoms with van der Waals surface area (Å²) in [6, 6.07) is 7.04. The number of hydrogen-bond donors (Lipinski definition) is 0. The molecule has 0 atom stereocenters. The lowest BCUT2D eigenvalue weighted by Gasteiger charge is -2.20. The first kappa shape index (κ1) is 9.13. The lowest BCUT2D eigenvalue weighted by Crippen LogP contribution is -2.24. The van der Waals surface area contributed by atoms with Crippen LogP contribution in [0.4, 0.5) is 0 Å². The highest BCUT2D eigenvalue weighted by atomic mass is 16.1. The third-order valence-electron chi connectivity index (χ3n) is 2.59. The summed E-state index contributed by atoms with van der Waals surface area (Å²) in [5.74, 6) is 0.841. The van der Waals surface area contributed by atoms with Crippen LogP contribution in [-0.4, -0.2) is 11.6 Å². The molecule has 0 fully saturated rings. The maximum Gasteiger partial charge on any atom is 0.171 e. The number of ketones is 2. The molecule has 0 unspecified atom stereocenters. The number of benzene rings is 1. The van der Waals surface area contributed by atoms with Crippen LogP contribution in [0.1, 0.15) is 40.5 Å². The highest BCUT2D eigenvalue weighted by Crippen LogP contribution is 2.28. The molecule has 1 radical (unpaired) electrons. The van der Waals surface area contributed by atoms with Crippen molar-refractivity contribution in [3.63, 3.8) is 0 Å². The molecule has 0 amide bonds. The van der Waals surface area contributed by atoms with Crippen molar-refractivity contribution in [3.8, 4) is 0 Å². The average Bonchev–Trinajstić information content (AvgIpc) is 2.23. The van der Waals surface area contributed by atoms with Gasteiger partial charge in [-0.05, 0) is 6.42 Å². The summed E-state index contributed by atoms with van der Waals surface area (Å²) in [5, 5.41) is 0. The van der Waals surface area contributed by atoms with Crippen molar-refractivity contribution in [1.82, 2.24) is 0 Å². The third-order valence-corrected chi connectivity index (χ3v) is 2.59. The van der Waals surface area contributed by atoms with Gasteiger partial charge in [-0.2, -0.15) is 0 Å². The fourth-order valence-electron chi connectivity index (χ4n) is 1.77. The lowest BCUT2D eigenvalue weighted by atomic mass is 9.81. The largest absolute Gasteiger partial charge is 0.294 e. The van der Waals surface area contributed by atoms with Crippen LogP contribution in [0.5, 0.6) is 0 Å². The molecule has 0 saturated heterocycles. The van der Waals surface area contributed by atoms with Crippen LogP contribution in [-0.2, 0) is 0 Å². The van der Waals surface area contributed by atoms with E-state index in [1.54, 1.807) is 24.3 Å². The minimum absolute atomic E-state index is 0.0442. The first-order valence-corrected chi connectivity index (χ1v) is 4.75. The summed E-state index contributed by atoms with van der Waals surface area (Å²) in [6.45, 7) is 1.91. The molecule has 0 bridgehead atoms. The van der Waals surface area contributed by atoms with Crippen LogP contribution in [0, 0.1) is 5.92 Å². The van der Waals surface area contributed by atoms with Gasteiger partial charge in [0.2, 0.25) is 0 Å². The standard InChI is InChI=1S/C12H11O2/c1-2-8-7-11(13)9-5-3-4-6-10(9)12(8)14/h3-6H,2,7H2,1H3. The van der Waals surface area contributed by atoms with Gasteiger partial charge in [-0.1, -0.05) is 31.2 Å². The fraction of sp³-hybridized carbons (Fsp3) is 0.250. The van der Waals surface area contributed by atoms with Gasteiger partial charge in [0.05, 0.1) is 5.92 Å². The van der Waals surface area contributed by atoms with Gasteiger partial charge >= 0.3 is 0 Å². The predicted octanol–water partition coefficient (Wildman–Crippen LogP) is 2.44. The van der Waals surface area contributed by atoms with Crippen LogP contribution < -0.4 is 0 Å². The summed E-state index contributed by atoms with van der Waals surface area (Å²) < 4.78 is 0. The molecular weight excluding hydrogens is 176 g/mol. The number of rotatable bonds is 1. The van der Waals surface area contributed by atoms with Gasteiger partial charge in [0.15, 0.2) is 11.6 Å². The van der Waals surface area contributed by atoms with Gasteiger partial charge in [0.1, 0.15) is 0 Å². The molecule has 1 aromatic carbocycles. The first-order chi connectivity index (χ1) is 6.74. The van der Waals surface area contributed by atoms with Gasteiger partial charge in [-0.3, -0.25) is 9.59 Å². The summed E-state index contributed by atoms with van der Waals surface area (Å²) in [4.78, 5) is 23.4. The van der Waals surface area contributed by atoms with E-state index in [9.17, 15) is 9.59 Å². The zero-order valence-corrected chi connectivity index (χ0v) is 8.04. The Morgan fingerprint density at radius 1 is 1.14 bits per heavy atom. The monoisotopic (exact) mass is 187 g/mol. The van der Waals surface area contributed by atoms with Crippen molar-refractivity contribution in [1.29, 1.82) is 0 Å². The van der Waals surface area contributed by atoms with Crippen molar-refractivity contribution in [2.24, 2.45) is 0 Å². The second-order valence-corrected chi connectivity index (χ2v) is 3.43. The van der Waals surface area contributed by atoms with E-state index < -0.39 is 0 Å². The predicted molar refractivity (Wildman–Crippen MR) is 53.3 cm³/mol. The van der Waals surface area contributed by atoms with Gasteiger partial charge in [-0.25, -0.2) is 0 Å². The van der Waals surface area contributed by atoms with Crippen molar-refractivity contribution < 1.29 is 9.59 Å². The number of fused-ring (bicyclic) bond motifs is 1. The molecule has 2 nitrogen and oxygen atoms in total. The maximum absolute atomic E-state index is 11.8. The van der Waals surface area contributed by atoms with E-state index in [-0.39, 0.29) is 11.6 Å². The molecule has 71 valence electrons. The Hall–Kier alpha value is -1.44. The zero-order chi connectivity index (χ0) is 10.1. The Morgan fingerprint density at radius 3 is 2.43 bits per heavy atom. The second-order valence-electron chi connectivity index (χ2n) is 3.43. The minimum Gasteiger partial charge on any atom is -0.294 e. The average molecular weight is 187 g/mol. The summed E-state index contributed by atoms with van der Waals surface area (Å²) in [5.41, 5.74) is 1.15. The van der Waals surface area contributed by atoms with Crippen molar-refractivity contribution in [2.75, 3.05) is 0 Å². The van der Waals surface area contributed by atoms with Gasteiger partial charge in [0, 0.05) is 17.5 Å². The van der Waals surface area contributed by atoms with E-state index in [4.69, 9.17) is 0 Å². The van der Waals surface area contributed by atoms with Crippen LogP contribution >= 0.6 is 0 Å². The minimum atomic E-state index is 0.0442. The Bertz CT molecular complexity index is 393. The molecule has 14 heavy (non-hydrogen) atoms. The molecule has 0 N–H and O–H groups in total. The molecule has 1 aromatic rings. The number of carbonyl (C=O) groups is 2. The van der Waals surface area contributed by atoms with Crippen molar-refractivity contribution in [3.05, 3.63) is 41.3 Å². The Morgan fingerprint density at radius 2 is 1.79 bits per heavy atom. The highest BCUT2D eigenvalue weighted by Gasteiger charge is 2.31. The normalized spacial score (nSPS) is 16.9. The number of carbonyl (C=O) groups excluding carboxylic acids is 2. The van der Waals surface area contributed by atoms with E-state index in [0.29, 0.717) is 24.0 Å². The van der Waals surface area contributed by atoms with Crippen LogP contribution in [0.15, 0.2) is 24.3 Å². The van der Waals surface area contributed by atoms with E-state index in [2.05, 4.69) is 0 Å². The quantitative estimate of drug-likeness (QED) is 0.676. The fourth-order valence-corrected chi connectivity index (χ4v) is 1.77. The van der Waals surface area contributed by atoms with Gasteiger partial charge < -0.3 is 0 Å². The molecule has 1 aliphatic rings. The smallest absolute Gasteiger partial charge is 0.171 e. The molecule has 0 saturated carbocycles. The Labute approximate surface area is 82.9 Å². The topological polar surface area (TPSA) is 34.1 Å². The van der Waals surface area contributed by atoms with Gasteiger partial charge in [0.25, 0.3) is 0 Å². The summed E-state index contributed by atoms with van der Waals surface area (Å²) in [6.07, 6.45) is 0.964. The molecule has 0 aromatic heterocycles. The number of hydrogen-bond acceptors (Lipinski definition) is 2.